The Bertz CT molecular complexity index is 905. The number of benzene rings is 2. The van der Waals surface area contributed by atoms with Crippen LogP contribution in [0.1, 0.15) is 19.3 Å². The highest BCUT2D eigenvalue weighted by Gasteiger charge is 2.39. The molecule has 0 heterocycles. The Morgan fingerprint density at radius 2 is 1.46 bits per heavy atom. The number of amides is 1. The maximum atomic E-state index is 12.9. The zero-order valence-corrected chi connectivity index (χ0v) is 14.6. The van der Waals surface area contributed by atoms with Crippen LogP contribution in [-0.4, -0.2) is 23.3 Å². The van der Waals surface area contributed by atoms with Crippen LogP contribution in [0, 0.1) is 0 Å². The third kappa shape index (κ3) is 4.40. The third-order valence-electron chi connectivity index (χ3n) is 4.32. The van der Waals surface area contributed by atoms with Crippen molar-refractivity contribution in [1.29, 1.82) is 0 Å². The van der Waals surface area contributed by atoms with E-state index >= 15 is 0 Å². The number of aliphatic carboxylic acids is 1. The number of hydrogen-bond donors (Lipinski definition) is 1. The molecule has 0 fully saturated rings. The standard InChI is InChI=1S/C20H16F3NO4/c21-20(22,23)28-24(18(25)16-7-4-8-17(16)19(26)27)15-11-9-14(10-12-15)13-5-2-1-3-6-13/h1-3,5-6,9-12H,4,7-8H2,(H,26,27). The molecule has 0 saturated carbocycles. The fourth-order valence-electron chi connectivity index (χ4n) is 3.07. The zero-order chi connectivity index (χ0) is 20.3. The van der Waals surface area contributed by atoms with Crippen molar-refractivity contribution >= 4 is 17.6 Å². The number of carbonyl (C=O) groups excluding carboxylic acids is 1. The van der Waals surface area contributed by atoms with Crippen LogP contribution in [0.25, 0.3) is 11.1 Å². The zero-order valence-electron chi connectivity index (χ0n) is 14.6. The number of carboxylic acids is 1. The van der Waals surface area contributed by atoms with Gasteiger partial charge in [0.25, 0.3) is 5.91 Å². The average molecular weight is 391 g/mol. The first-order valence-electron chi connectivity index (χ1n) is 8.47. The van der Waals surface area contributed by atoms with Gasteiger partial charge in [0, 0.05) is 11.1 Å². The smallest absolute Gasteiger partial charge is 0.478 e. The van der Waals surface area contributed by atoms with Crippen molar-refractivity contribution in [3.63, 3.8) is 0 Å². The van der Waals surface area contributed by atoms with Crippen LogP contribution in [0.15, 0.2) is 65.7 Å². The van der Waals surface area contributed by atoms with Gasteiger partial charge in [-0.1, -0.05) is 42.5 Å². The molecule has 0 radical (unpaired) electrons. The van der Waals surface area contributed by atoms with Gasteiger partial charge in [0.15, 0.2) is 0 Å². The summed E-state index contributed by atoms with van der Waals surface area (Å²) >= 11 is 0. The van der Waals surface area contributed by atoms with Gasteiger partial charge in [-0.3, -0.25) is 4.79 Å². The Morgan fingerprint density at radius 1 is 0.893 bits per heavy atom. The van der Waals surface area contributed by atoms with E-state index in [0.29, 0.717) is 6.42 Å². The first-order valence-corrected chi connectivity index (χ1v) is 8.47. The highest BCUT2D eigenvalue weighted by Crippen LogP contribution is 2.32. The first-order chi connectivity index (χ1) is 13.3. The van der Waals surface area contributed by atoms with E-state index in [1.807, 2.05) is 30.3 Å². The maximum absolute atomic E-state index is 12.9. The predicted molar refractivity (Wildman–Crippen MR) is 95.0 cm³/mol. The lowest BCUT2D eigenvalue weighted by atomic mass is 10.1. The third-order valence-corrected chi connectivity index (χ3v) is 4.32. The summed E-state index contributed by atoms with van der Waals surface area (Å²) in [6.45, 7) is 0. The molecule has 5 nitrogen and oxygen atoms in total. The van der Waals surface area contributed by atoms with Crippen LogP contribution in [-0.2, 0) is 14.4 Å². The van der Waals surface area contributed by atoms with E-state index in [9.17, 15) is 27.9 Å². The molecule has 1 N–H and O–H groups in total. The van der Waals surface area contributed by atoms with Crippen molar-refractivity contribution in [2.45, 2.75) is 25.6 Å². The minimum absolute atomic E-state index is 0.0836. The van der Waals surface area contributed by atoms with Crippen molar-refractivity contribution in [2.75, 3.05) is 5.06 Å². The number of carbonyl (C=O) groups is 2. The summed E-state index contributed by atoms with van der Waals surface area (Å²) in [5.74, 6) is -2.44. The summed E-state index contributed by atoms with van der Waals surface area (Å²) in [5, 5.41) is 9.30. The Hall–Kier alpha value is -3.13. The highest BCUT2D eigenvalue weighted by atomic mass is 19.4. The first kappa shape index (κ1) is 19.6. The normalized spacial score (nSPS) is 14.2. The monoisotopic (exact) mass is 391 g/mol. The van der Waals surface area contributed by atoms with E-state index in [0.717, 1.165) is 11.1 Å². The van der Waals surface area contributed by atoms with E-state index in [4.69, 9.17) is 0 Å². The second-order valence-corrected chi connectivity index (χ2v) is 6.17. The maximum Gasteiger partial charge on any atom is 0.544 e. The van der Waals surface area contributed by atoms with Crippen LogP contribution in [0.5, 0.6) is 0 Å². The number of rotatable bonds is 5. The van der Waals surface area contributed by atoms with E-state index in [1.165, 1.54) is 12.1 Å². The fourth-order valence-corrected chi connectivity index (χ4v) is 3.07. The molecule has 1 amide bonds. The summed E-state index contributed by atoms with van der Waals surface area (Å²) in [6.07, 6.45) is -4.52. The van der Waals surface area contributed by atoms with Crippen molar-refractivity contribution in [3.8, 4) is 11.1 Å². The molecule has 3 rings (SSSR count). The van der Waals surface area contributed by atoms with Crippen molar-refractivity contribution < 1.29 is 32.7 Å². The molecule has 0 bridgehead atoms. The number of halogens is 3. The molecular formula is C20H16F3NO4. The Labute approximate surface area is 158 Å². The van der Waals surface area contributed by atoms with Gasteiger partial charge in [0.1, 0.15) is 0 Å². The molecule has 0 unspecified atom stereocenters. The van der Waals surface area contributed by atoms with E-state index < -0.39 is 18.2 Å². The van der Waals surface area contributed by atoms with Gasteiger partial charge in [-0.15, -0.1) is 13.2 Å². The van der Waals surface area contributed by atoms with Crippen LogP contribution in [0.3, 0.4) is 0 Å². The minimum Gasteiger partial charge on any atom is -0.478 e. The molecule has 0 aliphatic heterocycles. The number of carboxylic acid groups (broad SMARTS) is 1. The van der Waals surface area contributed by atoms with Crippen LogP contribution >= 0.6 is 0 Å². The largest absolute Gasteiger partial charge is 0.544 e. The molecule has 1 aliphatic carbocycles. The fraction of sp³-hybridized carbons (Fsp3) is 0.200. The molecule has 2 aromatic carbocycles. The minimum atomic E-state index is -5.11. The van der Waals surface area contributed by atoms with Crippen LogP contribution in [0.2, 0.25) is 0 Å². The summed E-state index contributed by atoms with van der Waals surface area (Å²) in [7, 11) is 0. The van der Waals surface area contributed by atoms with Gasteiger partial charge in [-0.05, 0) is 42.5 Å². The highest BCUT2D eigenvalue weighted by molar-refractivity contribution is 6.09. The number of hydrogen-bond acceptors (Lipinski definition) is 3. The van der Waals surface area contributed by atoms with Crippen LogP contribution < -0.4 is 5.06 Å². The Kier molecular flexibility index (Phi) is 5.51. The van der Waals surface area contributed by atoms with E-state index in [-0.39, 0.29) is 34.7 Å². The average Bonchev–Trinajstić information content (AvgIpc) is 3.16. The Balaban J connectivity index is 1.95. The quantitative estimate of drug-likeness (QED) is 0.750. The summed E-state index contributed by atoms with van der Waals surface area (Å²) < 4.78 is 38.7. The molecule has 28 heavy (non-hydrogen) atoms. The lowest BCUT2D eigenvalue weighted by molar-refractivity contribution is -0.327. The summed E-state index contributed by atoms with van der Waals surface area (Å²) in [5.41, 5.74) is 1.10. The summed E-state index contributed by atoms with van der Waals surface area (Å²) in [6, 6.07) is 14.9. The molecule has 0 atom stereocenters. The van der Waals surface area contributed by atoms with Crippen molar-refractivity contribution in [2.24, 2.45) is 0 Å². The van der Waals surface area contributed by atoms with Gasteiger partial charge in [0.2, 0.25) is 0 Å². The molecular weight excluding hydrogens is 375 g/mol. The second-order valence-electron chi connectivity index (χ2n) is 6.17. The van der Waals surface area contributed by atoms with E-state index in [1.54, 1.807) is 12.1 Å². The molecule has 0 spiro atoms. The topological polar surface area (TPSA) is 66.8 Å². The molecule has 0 saturated heterocycles. The van der Waals surface area contributed by atoms with E-state index in [2.05, 4.69) is 4.84 Å². The number of anilines is 1. The van der Waals surface area contributed by atoms with Crippen molar-refractivity contribution in [3.05, 3.63) is 65.7 Å². The molecule has 146 valence electrons. The summed E-state index contributed by atoms with van der Waals surface area (Å²) in [4.78, 5) is 27.9. The SMILES string of the molecule is O=C(O)C1=C(C(=O)N(OC(F)(F)F)c2ccc(-c3ccccc3)cc2)CCC1. The van der Waals surface area contributed by atoms with Gasteiger partial charge < -0.3 is 5.11 Å². The molecule has 2 aromatic rings. The van der Waals surface area contributed by atoms with Gasteiger partial charge in [0.05, 0.1) is 5.69 Å². The second kappa shape index (κ2) is 7.85. The van der Waals surface area contributed by atoms with Gasteiger partial charge >= 0.3 is 12.3 Å². The van der Waals surface area contributed by atoms with Crippen LogP contribution in [0.4, 0.5) is 18.9 Å². The van der Waals surface area contributed by atoms with Crippen molar-refractivity contribution in [1.82, 2.24) is 0 Å². The molecule has 0 aromatic heterocycles. The molecule has 8 heteroatoms. The number of alkyl halides is 3. The number of hydroxylamine groups is 1. The lowest BCUT2D eigenvalue weighted by Gasteiger charge is -2.23. The van der Waals surface area contributed by atoms with Gasteiger partial charge in [-0.2, -0.15) is 9.90 Å². The number of nitrogens with zero attached hydrogens (tertiary/aromatic N) is 1. The lowest BCUT2D eigenvalue weighted by Crippen LogP contribution is -2.38. The Morgan fingerprint density at radius 3 is 2.04 bits per heavy atom. The molecule has 1 aliphatic rings. The van der Waals surface area contributed by atoms with Gasteiger partial charge in [-0.25, -0.2) is 4.79 Å². The predicted octanol–water partition coefficient (Wildman–Crippen LogP) is 4.70.